The van der Waals surface area contributed by atoms with Crippen LogP contribution in [-0.4, -0.2) is 51.8 Å². The molecule has 0 bridgehead atoms. The molecule has 0 saturated carbocycles. The minimum atomic E-state index is -3.50. The zero-order valence-electron chi connectivity index (χ0n) is 10.3. The average molecular weight is 299 g/mol. The van der Waals surface area contributed by atoms with Crippen molar-refractivity contribution in [3.8, 4) is 0 Å². The first-order valence-electron chi connectivity index (χ1n) is 6.17. The van der Waals surface area contributed by atoms with Crippen LogP contribution in [0.25, 0.3) is 0 Å². The van der Waals surface area contributed by atoms with Crippen molar-refractivity contribution in [3.05, 3.63) is 0 Å². The predicted molar refractivity (Wildman–Crippen MR) is 69.5 cm³/mol. The molecule has 0 aromatic heterocycles. The Hall–Kier alpha value is -0.180. The van der Waals surface area contributed by atoms with Gasteiger partial charge in [0.15, 0.2) is 9.84 Å². The van der Waals surface area contributed by atoms with E-state index in [0.29, 0.717) is 13.0 Å². The molecule has 1 aliphatic rings. The molecule has 1 saturated heterocycles. The standard InChI is InChI=1S/C10H21NO5S2/c12-7-4-2-1-3-6-11-18(15,16)10-5-8-17(13,14)9-10/h10-12H,1-9H2. The van der Waals surface area contributed by atoms with Crippen molar-refractivity contribution in [1.29, 1.82) is 0 Å². The van der Waals surface area contributed by atoms with Gasteiger partial charge in [0.1, 0.15) is 0 Å². The van der Waals surface area contributed by atoms with Crippen LogP contribution in [0.15, 0.2) is 0 Å². The van der Waals surface area contributed by atoms with Crippen LogP contribution in [0.3, 0.4) is 0 Å². The summed E-state index contributed by atoms with van der Waals surface area (Å²) in [4.78, 5) is 0. The summed E-state index contributed by atoms with van der Waals surface area (Å²) < 4.78 is 48.5. The Morgan fingerprint density at radius 3 is 2.39 bits per heavy atom. The first-order chi connectivity index (χ1) is 8.37. The fourth-order valence-corrected chi connectivity index (χ4v) is 6.05. The highest BCUT2D eigenvalue weighted by Gasteiger charge is 2.36. The SMILES string of the molecule is O=S1(=O)CCC(S(=O)(=O)NCCCCCCO)C1. The molecule has 1 heterocycles. The van der Waals surface area contributed by atoms with Crippen LogP contribution in [0.2, 0.25) is 0 Å². The second-order valence-electron chi connectivity index (χ2n) is 4.60. The third-order valence-electron chi connectivity index (χ3n) is 3.02. The molecule has 0 aromatic carbocycles. The molecule has 0 aromatic rings. The van der Waals surface area contributed by atoms with Crippen molar-refractivity contribution in [2.45, 2.75) is 37.4 Å². The zero-order valence-corrected chi connectivity index (χ0v) is 12.0. The van der Waals surface area contributed by atoms with E-state index in [1.54, 1.807) is 0 Å². The number of rotatable bonds is 8. The fourth-order valence-electron chi connectivity index (χ4n) is 1.93. The van der Waals surface area contributed by atoms with Crippen molar-refractivity contribution in [2.75, 3.05) is 24.7 Å². The van der Waals surface area contributed by atoms with Crippen LogP contribution >= 0.6 is 0 Å². The molecule has 2 N–H and O–H groups in total. The molecule has 108 valence electrons. The lowest BCUT2D eigenvalue weighted by atomic mass is 10.2. The van der Waals surface area contributed by atoms with Gasteiger partial charge in [-0.15, -0.1) is 0 Å². The number of sulfonamides is 1. The smallest absolute Gasteiger partial charge is 0.215 e. The Bertz CT molecular complexity index is 443. The van der Waals surface area contributed by atoms with E-state index in [9.17, 15) is 16.8 Å². The van der Waals surface area contributed by atoms with Gasteiger partial charge in [0.25, 0.3) is 0 Å². The van der Waals surface area contributed by atoms with E-state index in [4.69, 9.17) is 5.11 Å². The molecule has 1 fully saturated rings. The second kappa shape index (κ2) is 6.83. The van der Waals surface area contributed by atoms with E-state index in [-0.39, 0.29) is 24.5 Å². The molecule has 0 spiro atoms. The van der Waals surface area contributed by atoms with Crippen LogP contribution < -0.4 is 4.72 Å². The number of nitrogens with one attached hydrogen (secondary N) is 1. The summed E-state index contributed by atoms with van der Waals surface area (Å²) in [6.45, 7) is 0.496. The van der Waals surface area contributed by atoms with E-state index in [1.165, 1.54) is 0 Å². The first kappa shape index (κ1) is 15.9. The quantitative estimate of drug-likeness (QED) is 0.596. The lowest BCUT2D eigenvalue weighted by Crippen LogP contribution is -2.35. The summed E-state index contributed by atoms with van der Waals surface area (Å²) >= 11 is 0. The van der Waals surface area contributed by atoms with Gasteiger partial charge < -0.3 is 5.11 Å². The lowest BCUT2D eigenvalue weighted by Gasteiger charge is -2.11. The molecule has 8 heteroatoms. The highest BCUT2D eigenvalue weighted by Crippen LogP contribution is 2.18. The van der Waals surface area contributed by atoms with Gasteiger partial charge in [-0.2, -0.15) is 0 Å². The Kier molecular flexibility index (Phi) is 6.03. The van der Waals surface area contributed by atoms with Crippen LogP contribution in [0.5, 0.6) is 0 Å². The fraction of sp³-hybridized carbons (Fsp3) is 1.00. The summed E-state index contributed by atoms with van der Waals surface area (Å²) in [5, 5.41) is 7.78. The van der Waals surface area contributed by atoms with E-state index >= 15 is 0 Å². The normalized spacial score (nSPS) is 23.3. The van der Waals surface area contributed by atoms with E-state index < -0.39 is 25.1 Å². The highest BCUT2D eigenvalue weighted by atomic mass is 32.2. The van der Waals surface area contributed by atoms with E-state index in [0.717, 1.165) is 19.3 Å². The second-order valence-corrected chi connectivity index (χ2v) is 8.88. The molecular weight excluding hydrogens is 278 g/mol. The third-order valence-corrected chi connectivity index (χ3v) is 6.88. The Morgan fingerprint density at radius 1 is 1.17 bits per heavy atom. The van der Waals surface area contributed by atoms with Crippen LogP contribution in [0.4, 0.5) is 0 Å². The number of aliphatic hydroxyl groups excluding tert-OH is 1. The largest absolute Gasteiger partial charge is 0.396 e. The predicted octanol–water partition coefficient (Wildman–Crippen LogP) is -0.354. The summed E-state index contributed by atoms with van der Waals surface area (Å²) in [5.41, 5.74) is 0. The van der Waals surface area contributed by atoms with Crippen molar-refractivity contribution in [3.63, 3.8) is 0 Å². The van der Waals surface area contributed by atoms with Gasteiger partial charge in [0.2, 0.25) is 10.0 Å². The lowest BCUT2D eigenvalue weighted by molar-refractivity contribution is 0.282. The summed E-state index contributed by atoms with van der Waals surface area (Å²) in [7, 11) is -6.67. The molecule has 6 nitrogen and oxygen atoms in total. The number of sulfone groups is 1. The molecule has 0 amide bonds. The van der Waals surface area contributed by atoms with Gasteiger partial charge in [-0.1, -0.05) is 12.8 Å². The topological polar surface area (TPSA) is 101 Å². The van der Waals surface area contributed by atoms with Gasteiger partial charge in [-0.05, 0) is 19.3 Å². The maximum absolute atomic E-state index is 11.8. The molecule has 0 radical (unpaired) electrons. The molecule has 18 heavy (non-hydrogen) atoms. The molecule has 1 unspecified atom stereocenters. The molecule has 1 rings (SSSR count). The zero-order chi connectivity index (χ0) is 13.6. The molecule has 1 atom stereocenters. The molecule has 1 aliphatic heterocycles. The Morgan fingerprint density at radius 2 is 1.83 bits per heavy atom. The Balaban J connectivity index is 2.28. The molecular formula is C10H21NO5S2. The summed E-state index contributed by atoms with van der Waals surface area (Å²) in [5.74, 6) is -0.290. The maximum Gasteiger partial charge on any atom is 0.215 e. The van der Waals surface area contributed by atoms with Gasteiger partial charge in [-0.25, -0.2) is 21.6 Å². The number of aliphatic hydroxyl groups is 1. The summed E-state index contributed by atoms with van der Waals surface area (Å²) in [6.07, 6.45) is 3.36. The van der Waals surface area contributed by atoms with E-state index in [1.807, 2.05) is 0 Å². The van der Waals surface area contributed by atoms with Gasteiger partial charge >= 0.3 is 0 Å². The number of hydrogen-bond donors (Lipinski definition) is 2. The number of hydrogen-bond acceptors (Lipinski definition) is 5. The van der Waals surface area contributed by atoms with E-state index in [2.05, 4.69) is 4.72 Å². The van der Waals surface area contributed by atoms with Crippen molar-refractivity contribution in [1.82, 2.24) is 4.72 Å². The van der Waals surface area contributed by atoms with Crippen LogP contribution in [-0.2, 0) is 19.9 Å². The average Bonchev–Trinajstić information content (AvgIpc) is 2.65. The van der Waals surface area contributed by atoms with Crippen LogP contribution in [0.1, 0.15) is 32.1 Å². The minimum Gasteiger partial charge on any atom is -0.396 e. The number of unbranched alkanes of at least 4 members (excludes halogenated alkanes) is 3. The van der Waals surface area contributed by atoms with Crippen molar-refractivity contribution in [2.24, 2.45) is 0 Å². The maximum atomic E-state index is 11.8. The van der Waals surface area contributed by atoms with Gasteiger partial charge in [0, 0.05) is 13.2 Å². The highest BCUT2D eigenvalue weighted by molar-refractivity contribution is 7.95. The Labute approximate surface area is 109 Å². The van der Waals surface area contributed by atoms with Gasteiger partial charge in [0.05, 0.1) is 16.8 Å². The van der Waals surface area contributed by atoms with Crippen LogP contribution in [0, 0.1) is 0 Å². The van der Waals surface area contributed by atoms with Crippen molar-refractivity contribution < 1.29 is 21.9 Å². The van der Waals surface area contributed by atoms with Crippen molar-refractivity contribution >= 4 is 19.9 Å². The third kappa shape index (κ3) is 5.21. The van der Waals surface area contributed by atoms with Gasteiger partial charge in [-0.3, -0.25) is 0 Å². The minimum absolute atomic E-state index is 0.0327. The summed E-state index contributed by atoms with van der Waals surface area (Å²) in [6, 6.07) is 0. The first-order valence-corrected chi connectivity index (χ1v) is 9.54. The monoisotopic (exact) mass is 299 g/mol. The molecule has 0 aliphatic carbocycles.